The highest BCUT2D eigenvalue weighted by Gasteiger charge is 2.14. The third-order valence-electron chi connectivity index (χ3n) is 2.65. The fraction of sp³-hybridized carbons (Fsp3) is 0.0769. The van der Waals surface area contributed by atoms with Gasteiger partial charge in [0.1, 0.15) is 23.2 Å². The third-order valence-corrected chi connectivity index (χ3v) is 2.65. The lowest BCUT2D eigenvalue weighted by molar-refractivity contribution is 0.380. The Kier molecular flexibility index (Phi) is 4.19. The predicted octanol–water partition coefficient (Wildman–Crippen LogP) is 2.42. The Labute approximate surface area is 113 Å². The summed E-state index contributed by atoms with van der Waals surface area (Å²) in [6.07, 6.45) is 0. The molecule has 0 fully saturated rings. The van der Waals surface area contributed by atoms with Crippen LogP contribution in [0.2, 0.25) is 0 Å². The van der Waals surface area contributed by atoms with E-state index in [2.05, 4.69) is 0 Å². The second-order valence-electron chi connectivity index (χ2n) is 3.91. The Bertz CT molecular complexity index is 614. The number of hydrogen-bond acceptors (Lipinski definition) is 3. The van der Waals surface area contributed by atoms with Crippen molar-refractivity contribution in [2.24, 2.45) is 0 Å². The van der Waals surface area contributed by atoms with Gasteiger partial charge >= 0.3 is 7.69 Å². The van der Waals surface area contributed by atoms with Crippen molar-refractivity contribution in [3.8, 4) is 22.6 Å². The van der Waals surface area contributed by atoms with E-state index in [1.165, 1.54) is 13.2 Å². The Morgan fingerprint density at radius 3 is 2.15 bits per heavy atom. The molecule has 2 rings (SSSR count). The van der Waals surface area contributed by atoms with Gasteiger partial charge < -0.3 is 14.4 Å². The van der Waals surface area contributed by atoms with Gasteiger partial charge in [0, 0.05) is 17.7 Å². The number of ether oxygens (including phenoxy) is 1. The maximum Gasteiger partial charge on any atom is 0.504 e. The zero-order valence-electron chi connectivity index (χ0n) is 10.5. The molecule has 0 bridgehead atoms. The van der Waals surface area contributed by atoms with Crippen molar-refractivity contribution >= 4 is 7.69 Å². The van der Waals surface area contributed by atoms with Crippen LogP contribution in [-0.4, -0.2) is 19.8 Å². The van der Waals surface area contributed by atoms with Crippen molar-refractivity contribution in [2.75, 3.05) is 7.11 Å². The minimum atomic E-state index is -0.811. The van der Waals surface area contributed by atoms with Gasteiger partial charge in [0.05, 0.1) is 7.11 Å². The molecule has 7 heteroatoms. The summed E-state index contributed by atoms with van der Waals surface area (Å²) in [5, 5.41) is 8.69. The zero-order chi connectivity index (χ0) is 14.7. The van der Waals surface area contributed by atoms with Crippen LogP contribution >= 0.6 is 0 Å². The molecule has 0 spiro atoms. The molecule has 0 aliphatic rings. The molecule has 0 radical (unpaired) electrons. The predicted molar refractivity (Wildman–Crippen MR) is 68.3 cm³/mol. The van der Waals surface area contributed by atoms with Gasteiger partial charge in [0.25, 0.3) is 0 Å². The first-order valence-corrected chi connectivity index (χ1v) is 5.63. The van der Waals surface area contributed by atoms with Crippen LogP contribution in [0.25, 0.3) is 11.1 Å². The summed E-state index contributed by atoms with van der Waals surface area (Å²) >= 11 is 0. The van der Waals surface area contributed by atoms with Crippen LogP contribution in [0.4, 0.5) is 13.2 Å². The van der Waals surface area contributed by atoms with Crippen LogP contribution < -0.4 is 9.39 Å². The van der Waals surface area contributed by atoms with Gasteiger partial charge in [-0.05, 0) is 23.8 Å². The molecule has 104 valence electrons. The molecule has 20 heavy (non-hydrogen) atoms. The van der Waals surface area contributed by atoms with Gasteiger partial charge in [-0.15, -0.1) is 0 Å². The molecular formula is C13H10BF3O3. The van der Waals surface area contributed by atoms with Gasteiger partial charge in [0.15, 0.2) is 5.75 Å². The van der Waals surface area contributed by atoms with Crippen LogP contribution in [0, 0.1) is 17.5 Å². The number of rotatable bonds is 4. The number of benzene rings is 2. The van der Waals surface area contributed by atoms with Crippen molar-refractivity contribution in [3.63, 3.8) is 0 Å². The average molecular weight is 282 g/mol. The van der Waals surface area contributed by atoms with E-state index in [0.29, 0.717) is 6.07 Å². The maximum absolute atomic E-state index is 14.0. The minimum Gasteiger partial charge on any atom is -0.536 e. The summed E-state index contributed by atoms with van der Waals surface area (Å²) in [5.74, 6) is -2.24. The van der Waals surface area contributed by atoms with Gasteiger partial charge in [0.2, 0.25) is 0 Å². The maximum atomic E-state index is 14.0. The first-order chi connectivity index (χ1) is 9.55. The largest absolute Gasteiger partial charge is 0.536 e. The van der Waals surface area contributed by atoms with Crippen molar-refractivity contribution in [3.05, 3.63) is 47.8 Å². The van der Waals surface area contributed by atoms with Crippen LogP contribution in [0.1, 0.15) is 0 Å². The van der Waals surface area contributed by atoms with E-state index in [0.717, 1.165) is 18.2 Å². The highest BCUT2D eigenvalue weighted by atomic mass is 19.1. The van der Waals surface area contributed by atoms with Crippen LogP contribution in [-0.2, 0) is 0 Å². The van der Waals surface area contributed by atoms with Crippen LogP contribution in [0.3, 0.4) is 0 Å². The Morgan fingerprint density at radius 1 is 0.950 bits per heavy atom. The van der Waals surface area contributed by atoms with Crippen molar-refractivity contribution in [2.45, 2.75) is 0 Å². The monoisotopic (exact) mass is 282 g/mol. The quantitative estimate of drug-likeness (QED) is 0.875. The molecule has 0 aromatic heterocycles. The standard InChI is InChI=1S/C13H10BF3O3/c1-19-12-5-10(11(17)6-13(12)20-14-18)7-2-8(15)4-9(16)3-7/h2-6,14,18H,1H3. The number of hydrogen-bond donors (Lipinski definition) is 1. The molecule has 0 unspecified atom stereocenters. The molecule has 0 heterocycles. The van der Waals surface area contributed by atoms with E-state index in [1.807, 2.05) is 0 Å². The smallest absolute Gasteiger partial charge is 0.504 e. The lowest BCUT2D eigenvalue weighted by Gasteiger charge is -2.12. The summed E-state index contributed by atoms with van der Waals surface area (Å²) in [6, 6.07) is 4.94. The zero-order valence-corrected chi connectivity index (χ0v) is 10.5. The Morgan fingerprint density at radius 2 is 1.60 bits per heavy atom. The van der Waals surface area contributed by atoms with Crippen LogP contribution in [0.15, 0.2) is 30.3 Å². The van der Waals surface area contributed by atoms with E-state index < -0.39 is 25.1 Å². The molecule has 0 aliphatic heterocycles. The summed E-state index contributed by atoms with van der Waals surface area (Å²) in [5.41, 5.74) is -0.000566. The number of methoxy groups -OCH3 is 1. The summed E-state index contributed by atoms with van der Waals surface area (Å²) < 4.78 is 50.1. The lowest BCUT2D eigenvalue weighted by atomic mass is 10.0. The molecule has 0 atom stereocenters. The Balaban J connectivity index is 2.56. The van der Waals surface area contributed by atoms with Crippen molar-refractivity contribution < 1.29 is 27.6 Å². The Hall–Kier alpha value is -2.15. The second-order valence-corrected chi connectivity index (χ2v) is 3.91. The van der Waals surface area contributed by atoms with E-state index in [4.69, 9.17) is 14.4 Å². The molecule has 0 amide bonds. The van der Waals surface area contributed by atoms with Gasteiger partial charge in [-0.3, -0.25) is 0 Å². The summed E-state index contributed by atoms with van der Waals surface area (Å²) in [7, 11) is 0.678. The summed E-state index contributed by atoms with van der Waals surface area (Å²) in [6.45, 7) is 0. The highest BCUT2D eigenvalue weighted by molar-refractivity contribution is 6.17. The van der Waals surface area contributed by atoms with E-state index in [9.17, 15) is 13.2 Å². The summed E-state index contributed by atoms with van der Waals surface area (Å²) in [4.78, 5) is 0. The molecule has 0 aliphatic carbocycles. The molecule has 2 aromatic rings. The van der Waals surface area contributed by atoms with Crippen LogP contribution in [0.5, 0.6) is 11.5 Å². The van der Waals surface area contributed by atoms with Gasteiger partial charge in [-0.25, -0.2) is 13.2 Å². The lowest BCUT2D eigenvalue weighted by Crippen LogP contribution is -2.03. The molecule has 3 nitrogen and oxygen atoms in total. The topological polar surface area (TPSA) is 38.7 Å². The molecule has 2 aromatic carbocycles. The SMILES string of the molecule is COc1cc(-c2cc(F)cc(F)c2)c(F)cc1OBO. The minimum absolute atomic E-state index is 0.00637. The molecule has 0 saturated heterocycles. The first kappa shape index (κ1) is 14.3. The molecule has 1 N–H and O–H groups in total. The fourth-order valence-corrected chi connectivity index (χ4v) is 1.81. The first-order valence-electron chi connectivity index (χ1n) is 5.63. The van der Waals surface area contributed by atoms with Crippen molar-refractivity contribution in [1.82, 2.24) is 0 Å². The van der Waals surface area contributed by atoms with E-state index in [-0.39, 0.29) is 22.6 Å². The van der Waals surface area contributed by atoms with Gasteiger partial charge in [-0.1, -0.05) is 0 Å². The molecule has 0 saturated carbocycles. The fourth-order valence-electron chi connectivity index (χ4n) is 1.81. The van der Waals surface area contributed by atoms with Crippen molar-refractivity contribution in [1.29, 1.82) is 0 Å². The second kappa shape index (κ2) is 5.87. The normalized spacial score (nSPS) is 10.2. The average Bonchev–Trinajstić information content (AvgIpc) is 2.38. The number of halogens is 3. The highest BCUT2D eigenvalue weighted by Crippen LogP contribution is 2.35. The van der Waals surface area contributed by atoms with E-state index >= 15 is 0 Å². The van der Waals surface area contributed by atoms with Gasteiger partial charge in [-0.2, -0.15) is 0 Å². The molecular weight excluding hydrogens is 272 g/mol. The van der Waals surface area contributed by atoms with E-state index in [1.54, 1.807) is 0 Å². The third kappa shape index (κ3) is 2.88.